The van der Waals surface area contributed by atoms with Gasteiger partial charge in [-0.15, -0.1) is 11.8 Å². The van der Waals surface area contributed by atoms with E-state index in [1.54, 1.807) is 29.2 Å². The molecule has 0 aliphatic rings. The Morgan fingerprint density at radius 2 is 1.68 bits per heavy atom. The Hall–Kier alpha value is -3.36. The molecular formula is C29H32ClN3O4S. The highest BCUT2D eigenvalue weighted by atomic mass is 35.5. The Morgan fingerprint density at radius 1 is 1.00 bits per heavy atom. The molecule has 9 heteroatoms. The third kappa shape index (κ3) is 8.89. The number of carbonyl (C=O) groups excluding carboxylic acids is 2. The molecular weight excluding hydrogens is 522 g/mol. The standard InChI is InChI=1S/C29H32ClN3O4S/c1-3-21(2)31-29(35)27(17-22-8-5-4-6-9-22)32(18-24-10-7-11-25(30)16-24)28(34)20-38-19-23-12-14-26(15-13-23)33(36)37/h4-16,21,27H,3,17-20H2,1-2H3,(H,31,35). The second-order valence-electron chi connectivity index (χ2n) is 9.09. The maximum absolute atomic E-state index is 13.7. The van der Waals surface area contributed by atoms with Crippen LogP contribution in [0.25, 0.3) is 0 Å². The summed E-state index contributed by atoms with van der Waals surface area (Å²) in [4.78, 5) is 39.3. The van der Waals surface area contributed by atoms with Crippen molar-refractivity contribution in [2.75, 3.05) is 5.75 Å². The summed E-state index contributed by atoms with van der Waals surface area (Å²) in [5.74, 6) is 0.299. The van der Waals surface area contributed by atoms with E-state index in [2.05, 4.69) is 5.32 Å². The highest BCUT2D eigenvalue weighted by Gasteiger charge is 2.31. The number of non-ortho nitro benzene ring substituents is 1. The summed E-state index contributed by atoms with van der Waals surface area (Å²) in [5, 5.41) is 14.5. The summed E-state index contributed by atoms with van der Waals surface area (Å²) >= 11 is 7.63. The SMILES string of the molecule is CCC(C)NC(=O)C(Cc1ccccc1)N(Cc1cccc(Cl)c1)C(=O)CSCc1ccc([N+](=O)[O-])cc1. The summed E-state index contributed by atoms with van der Waals surface area (Å²) in [6.07, 6.45) is 1.15. The Morgan fingerprint density at radius 3 is 2.32 bits per heavy atom. The number of hydrogen-bond donors (Lipinski definition) is 1. The number of nitrogens with one attached hydrogen (secondary N) is 1. The molecule has 2 amide bonds. The first-order valence-corrected chi connectivity index (χ1v) is 14.0. The van der Waals surface area contributed by atoms with Crippen LogP contribution in [0.5, 0.6) is 0 Å². The third-order valence-corrected chi connectivity index (χ3v) is 7.38. The van der Waals surface area contributed by atoms with E-state index in [4.69, 9.17) is 11.6 Å². The van der Waals surface area contributed by atoms with Gasteiger partial charge in [-0.1, -0.05) is 73.1 Å². The zero-order chi connectivity index (χ0) is 27.5. The predicted octanol–water partition coefficient (Wildman–Crippen LogP) is 6.04. The summed E-state index contributed by atoms with van der Waals surface area (Å²) in [6.45, 7) is 4.18. The van der Waals surface area contributed by atoms with Gasteiger partial charge in [0.1, 0.15) is 6.04 Å². The lowest BCUT2D eigenvalue weighted by atomic mass is 10.0. The normalized spacial score (nSPS) is 12.4. The molecule has 0 aliphatic heterocycles. The maximum atomic E-state index is 13.7. The molecule has 3 rings (SSSR count). The van der Waals surface area contributed by atoms with Gasteiger partial charge in [-0.25, -0.2) is 0 Å². The van der Waals surface area contributed by atoms with Gasteiger partial charge in [-0.3, -0.25) is 19.7 Å². The van der Waals surface area contributed by atoms with Gasteiger partial charge in [0.15, 0.2) is 0 Å². The molecule has 3 aromatic carbocycles. The highest BCUT2D eigenvalue weighted by Crippen LogP contribution is 2.21. The second-order valence-corrected chi connectivity index (χ2v) is 10.5. The molecule has 0 aromatic heterocycles. The van der Waals surface area contributed by atoms with E-state index in [9.17, 15) is 19.7 Å². The smallest absolute Gasteiger partial charge is 0.269 e. The highest BCUT2D eigenvalue weighted by molar-refractivity contribution is 7.99. The van der Waals surface area contributed by atoms with Crippen LogP contribution in [0.1, 0.15) is 37.0 Å². The number of hydrogen-bond acceptors (Lipinski definition) is 5. The zero-order valence-corrected chi connectivity index (χ0v) is 23.1. The van der Waals surface area contributed by atoms with Crippen LogP contribution in [0.2, 0.25) is 5.02 Å². The van der Waals surface area contributed by atoms with Crippen molar-refractivity contribution in [3.05, 3.63) is 111 Å². The van der Waals surface area contributed by atoms with Crippen LogP contribution in [0.3, 0.4) is 0 Å². The minimum absolute atomic E-state index is 0.0265. The van der Waals surface area contributed by atoms with E-state index < -0.39 is 11.0 Å². The van der Waals surface area contributed by atoms with Crippen molar-refractivity contribution >= 4 is 40.9 Å². The molecule has 0 saturated carbocycles. The number of benzene rings is 3. The molecule has 0 fully saturated rings. The number of halogens is 1. The molecule has 3 aromatic rings. The molecule has 7 nitrogen and oxygen atoms in total. The van der Waals surface area contributed by atoms with Crippen molar-refractivity contribution in [3.8, 4) is 0 Å². The van der Waals surface area contributed by atoms with Crippen LogP contribution in [0.4, 0.5) is 5.69 Å². The molecule has 0 heterocycles. The summed E-state index contributed by atoms with van der Waals surface area (Å²) in [5.41, 5.74) is 2.70. The average molecular weight is 554 g/mol. The number of amides is 2. The van der Waals surface area contributed by atoms with Crippen LogP contribution in [0, 0.1) is 10.1 Å². The fraction of sp³-hybridized carbons (Fsp3) is 0.310. The van der Waals surface area contributed by atoms with Gasteiger partial charge in [-0.05, 0) is 42.2 Å². The lowest BCUT2D eigenvalue weighted by Gasteiger charge is -2.32. The van der Waals surface area contributed by atoms with Crippen molar-refractivity contribution in [2.45, 2.75) is 51.1 Å². The van der Waals surface area contributed by atoms with Crippen molar-refractivity contribution < 1.29 is 14.5 Å². The molecule has 1 N–H and O–H groups in total. The lowest BCUT2D eigenvalue weighted by molar-refractivity contribution is -0.384. The minimum Gasteiger partial charge on any atom is -0.352 e. The Labute approximate surface area is 232 Å². The number of thioether (sulfide) groups is 1. The van der Waals surface area contributed by atoms with Gasteiger partial charge in [0.2, 0.25) is 11.8 Å². The zero-order valence-electron chi connectivity index (χ0n) is 21.5. The number of rotatable bonds is 13. The molecule has 0 spiro atoms. The number of carbonyl (C=O) groups is 2. The van der Waals surface area contributed by atoms with Crippen LogP contribution in [-0.4, -0.2) is 39.5 Å². The lowest BCUT2D eigenvalue weighted by Crippen LogP contribution is -2.52. The molecule has 200 valence electrons. The van der Waals surface area contributed by atoms with Gasteiger partial charge >= 0.3 is 0 Å². The summed E-state index contributed by atoms with van der Waals surface area (Å²) in [7, 11) is 0. The topological polar surface area (TPSA) is 92.6 Å². The maximum Gasteiger partial charge on any atom is 0.269 e. The second kappa shape index (κ2) is 14.5. The number of nitrogens with zero attached hydrogens (tertiary/aromatic N) is 2. The van der Waals surface area contributed by atoms with Gasteiger partial charge in [0, 0.05) is 41.9 Å². The third-order valence-electron chi connectivity index (χ3n) is 6.16. The fourth-order valence-corrected chi connectivity index (χ4v) is 4.96. The van der Waals surface area contributed by atoms with Crippen LogP contribution in [0.15, 0.2) is 78.9 Å². The van der Waals surface area contributed by atoms with E-state index in [-0.39, 0.29) is 35.8 Å². The van der Waals surface area contributed by atoms with Gasteiger partial charge < -0.3 is 10.2 Å². The summed E-state index contributed by atoms with van der Waals surface area (Å²) < 4.78 is 0. The van der Waals surface area contributed by atoms with Crippen molar-refractivity contribution in [2.24, 2.45) is 0 Å². The van der Waals surface area contributed by atoms with Gasteiger partial charge in [-0.2, -0.15) is 0 Å². The van der Waals surface area contributed by atoms with Crippen LogP contribution >= 0.6 is 23.4 Å². The predicted molar refractivity (Wildman–Crippen MR) is 153 cm³/mol. The van der Waals surface area contributed by atoms with E-state index in [0.29, 0.717) is 17.2 Å². The largest absolute Gasteiger partial charge is 0.352 e. The van der Waals surface area contributed by atoms with E-state index >= 15 is 0 Å². The Balaban J connectivity index is 1.83. The number of nitro benzene ring substituents is 1. The van der Waals surface area contributed by atoms with Gasteiger partial charge in [0.05, 0.1) is 10.7 Å². The Bertz CT molecular complexity index is 1220. The van der Waals surface area contributed by atoms with Crippen LogP contribution in [-0.2, 0) is 28.3 Å². The Kier molecular flexibility index (Phi) is 11.2. The molecule has 2 unspecified atom stereocenters. The van der Waals surface area contributed by atoms with Crippen molar-refractivity contribution in [1.82, 2.24) is 10.2 Å². The fourth-order valence-electron chi connectivity index (χ4n) is 3.88. The van der Waals surface area contributed by atoms with Crippen molar-refractivity contribution in [1.29, 1.82) is 0 Å². The average Bonchev–Trinajstić information content (AvgIpc) is 2.91. The monoisotopic (exact) mass is 553 g/mol. The minimum atomic E-state index is -0.710. The summed E-state index contributed by atoms with van der Waals surface area (Å²) in [6, 6.07) is 22.5. The molecule has 0 bridgehead atoms. The quantitative estimate of drug-likeness (QED) is 0.206. The van der Waals surface area contributed by atoms with Crippen molar-refractivity contribution in [3.63, 3.8) is 0 Å². The van der Waals surface area contributed by atoms with E-state index in [1.165, 1.54) is 23.9 Å². The molecule has 38 heavy (non-hydrogen) atoms. The first-order chi connectivity index (χ1) is 18.3. The first kappa shape index (κ1) is 29.2. The molecule has 0 saturated heterocycles. The van der Waals surface area contributed by atoms with Crippen LogP contribution < -0.4 is 5.32 Å². The first-order valence-electron chi connectivity index (χ1n) is 12.5. The van der Waals surface area contributed by atoms with Gasteiger partial charge in [0.25, 0.3) is 5.69 Å². The van der Waals surface area contributed by atoms with E-state index in [0.717, 1.165) is 23.1 Å². The molecule has 0 radical (unpaired) electrons. The molecule has 0 aliphatic carbocycles. The van der Waals surface area contributed by atoms with E-state index in [1.807, 2.05) is 56.3 Å². The molecule has 2 atom stereocenters. The number of nitro groups is 1.